The van der Waals surface area contributed by atoms with Gasteiger partial charge in [-0.05, 0) is 50.2 Å². The first-order chi connectivity index (χ1) is 9.17. The van der Waals surface area contributed by atoms with Gasteiger partial charge in [0.1, 0.15) is 0 Å². The summed E-state index contributed by atoms with van der Waals surface area (Å²) in [7, 11) is 0. The number of aryl methyl sites for hydroxylation is 1. The lowest BCUT2D eigenvalue weighted by Gasteiger charge is -2.21. The number of nitrogen functional groups attached to an aromatic ring is 1. The number of carbonyl (C=O) groups excluding carboxylic acids is 1. The number of nitrogens with two attached hydrogens (primary N) is 1. The van der Waals surface area contributed by atoms with Crippen molar-refractivity contribution in [2.45, 2.75) is 45.2 Å². The number of amides is 1. The summed E-state index contributed by atoms with van der Waals surface area (Å²) in [4.78, 5) is 16.1. The third-order valence-electron chi connectivity index (χ3n) is 4.00. The quantitative estimate of drug-likeness (QED) is 0.476. The molecule has 0 atom stereocenters. The average Bonchev–Trinajstić information content (AvgIpc) is 3.28. The summed E-state index contributed by atoms with van der Waals surface area (Å²) in [6, 6.07) is 2.79. The van der Waals surface area contributed by atoms with E-state index >= 15 is 0 Å². The van der Waals surface area contributed by atoms with E-state index in [4.69, 9.17) is 5.84 Å². The zero-order valence-electron chi connectivity index (χ0n) is 11.3. The summed E-state index contributed by atoms with van der Waals surface area (Å²) in [5, 5.41) is 0. The van der Waals surface area contributed by atoms with Crippen LogP contribution in [0.1, 0.15) is 45.8 Å². The first kappa shape index (κ1) is 13.1. The van der Waals surface area contributed by atoms with Gasteiger partial charge in [-0.15, -0.1) is 11.3 Å². The summed E-state index contributed by atoms with van der Waals surface area (Å²) in [6.07, 6.45) is 5.47. The lowest BCUT2D eigenvalue weighted by Crippen LogP contribution is -2.29. The maximum atomic E-state index is 11.6. The van der Waals surface area contributed by atoms with Gasteiger partial charge in [-0.25, -0.2) is 5.84 Å². The van der Waals surface area contributed by atoms with E-state index in [2.05, 4.69) is 17.2 Å². The molecule has 4 nitrogen and oxygen atoms in total. The maximum Gasteiger partial charge on any atom is 0.275 e. The Morgan fingerprint density at radius 3 is 2.79 bits per heavy atom. The van der Waals surface area contributed by atoms with E-state index in [0.29, 0.717) is 0 Å². The van der Waals surface area contributed by atoms with Crippen molar-refractivity contribution >= 4 is 17.2 Å². The number of thiophene rings is 1. The van der Waals surface area contributed by atoms with Crippen LogP contribution in [-0.2, 0) is 6.54 Å². The van der Waals surface area contributed by atoms with Crippen LogP contribution in [0.3, 0.4) is 0 Å². The Morgan fingerprint density at radius 2 is 2.21 bits per heavy atom. The smallest absolute Gasteiger partial charge is 0.275 e. The second kappa shape index (κ2) is 5.23. The van der Waals surface area contributed by atoms with Gasteiger partial charge >= 0.3 is 0 Å². The van der Waals surface area contributed by atoms with Crippen LogP contribution in [0.25, 0.3) is 0 Å². The topological polar surface area (TPSA) is 58.4 Å². The molecule has 1 aromatic heterocycles. The molecular weight excluding hydrogens is 258 g/mol. The first-order valence-corrected chi connectivity index (χ1v) is 7.83. The molecule has 3 rings (SSSR count). The fourth-order valence-electron chi connectivity index (χ4n) is 2.49. The molecule has 3 N–H and O–H groups in total. The van der Waals surface area contributed by atoms with Crippen molar-refractivity contribution in [1.82, 2.24) is 10.3 Å². The highest BCUT2D eigenvalue weighted by Gasteiger charge is 2.33. The van der Waals surface area contributed by atoms with E-state index in [1.807, 2.05) is 6.07 Å². The molecule has 0 unspecified atom stereocenters. The van der Waals surface area contributed by atoms with Crippen LogP contribution in [0.4, 0.5) is 0 Å². The summed E-state index contributed by atoms with van der Waals surface area (Å²) < 4.78 is 0. The first-order valence-electron chi connectivity index (χ1n) is 7.01. The molecule has 0 bridgehead atoms. The fourth-order valence-corrected chi connectivity index (χ4v) is 3.43. The number of hydrogen-bond acceptors (Lipinski definition) is 4. The van der Waals surface area contributed by atoms with Gasteiger partial charge < -0.3 is 0 Å². The molecule has 5 heteroatoms. The van der Waals surface area contributed by atoms with E-state index in [1.54, 1.807) is 0 Å². The van der Waals surface area contributed by atoms with Gasteiger partial charge in [-0.3, -0.25) is 15.1 Å². The molecule has 2 saturated carbocycles. The minimum Gasteiger partial charge on any atom is -0.296 e. The van der Waals surface area contributed by atoms with Crippen LogP contribution in [0.5, 0.6) is 0 Å². The van der Waals surface area contributed by atoms with Crippen LogP contribution < -0.4 is 11.3 Å². The molecule has 1 aromatic rings. The number of carbonyl (C=O) groups is 1. The van der Waals surface area contributed by atoms with Gasteiger partial charge in [0.05, 0.1) is 4.88 Å². The molecule has 0 radical (unpaired) electrons. The Bertz CT molecular complexity index is 477. The van der Waals surface area contributed by atoms with E-state index in [0.717, 1.165) is 23.4 Å². The largest absolute Gasteiger partial charge is 0.296 e. The van der Waals surface area contributed by atoms with Crippen molar-refractivity contribution in [2.75, 3.05) is 6.54 Å². The van der Waals surface area contributed by atoms with Crippen molar-refractivity contribution < 1.29 is 4.79 Å². The molecule has 104 valence electrons. The van der Waals surface area contributed by atoms with E-state index in [1.165, 1.54) is 54.0 Å². The number of hydrogen-bond donors (Lipinski definition) is 2. The van der Waals surface area contributed by atoms with Gasteiger partial charge in [0.2, 0.25) is 0 Å². The van der Waals surface area contributed by atoms with E-state index in [-0.39, 0.29) is 5.91 Å². The highest BCUT2D eigenvalue weighted by molar-refractivity contribution is 7.14. The molecule has 0 saturated heterocycles. The Hall–Kier alpha value is -0.910. The minimum atomic E-state index is -0.181. The van der Waals surface area contributed by atoms with Gasteiger partial charge in [0.25, 0.3) is 5.91 Å². The van der Waals surface area contributed by atoms with Crippen molar-refractivity contribution in [3.05, 3.63) is 21.4 Å². The normalized spacial score (nSPS) is 18.9. The van der Waals surface area contributed by atoms with Crippen LogP contribution in [0.15, 0.2) is 6.07 Å². The Morgan fingerprint density at radius 1 is 1.47 bits per heavy atom. The van der Waals surface area contributed by atoms with Gasteiger partial charge in [-0.2, -0.15) is 0 Å². The van der Waals surface area contributed by atoms with Crippen molar-refractivity contribution in [2.24, 2.45) is 11.8 Å². The monoisotopic (exact) mass is 279 g/mol. The summed E-state index contributed by atoms with van der Waals surface area (Å²) in [5.74, 6) is 5.94. The molecule has 2 aliphatic rings. The summed E-state index contributed by atoms with van der Waals surface area (Å²) in [6.45, 7) is 4.31. The third-order valence-corrected chi connectivity index (χ3v) is 5.09. The second-order valence-corrected chi connectivity index (χ2v) is 7.03. The Labute approximate surface area is 117 Å². The summed E-state index contributed by atoms with van der Waals surface area (Å²) >= 11 is 1.54. The van der Waals surface area contributed by atoms with Crippen LogP contribution in [-0.4, -0.2) is 23.4 Å². The minimum absolute atomic E-state index is 0.181. The molecule has 2 fully saturated rings. The predicted molar refractivity (Wildman–Crippen MR) is 76.9 cm³/mol. The van der Waals surface area contributed by atoms with E-state index < -0.39 is 0 Å². The highest BCUT2D eigenvalue weighted by Crippen LogP contribution is 2.36. The number of hydrazine groups is 1. The van der Waals surface area contributed by atoms with Gasteiger partial charge in [0.15, 0.2) is 0 Å². The van der Waals surface area contributed by atoms with Gasteiger partial charge in [-0.1, -0.05) is 0 Å². The zero-order chi connectivity index (χ0) is 13.4. The lowest BCUT2D eigenvalue weighted by molar-refractivity contribution is 0.0957. The molecular formula is C14H21N3OS. The molecule has 0 aliphatic heterocycles. The molecule has 1 amide bonds. The molecule has 2 aliphatic carbocycles. The standard InChI is InChI=1S/C14H21N3OS/c1-9-11(6-13(19-9)14(18)16-15)8-17(12-4-5-12)7-10-2-3-10/h6,10,12H,2-5,7-8,15H2,1H3,(H,16,18). The van der Waals surface area contributed by atoms with Crippen molar-refractivity contribution in [3.63, 3.8) is 0 Å². The van der Waals surface area contributed by atoms with Crippen LogP contribution >= 0.6 is 11.3 Å². The van der Waals surface area contributed by atoms with Crippen LogP contribution in [0.2, 0.25) is 0 Å². The Kier molecular flexibility index (Phi) is 3.60. The molecule has 1 heterocycles. The fraction of sp³-hybridized carbons (Fsp3) is 0.643. The molecule has 19 heavy (non-hydrogen) atoms. The zero-order valence-corrected chi connectivity index (χ0v) is 12.1. The lowest BCUT2D eigenvalue weighted by atomic mass is 10.2. The predicted octanol–water partition coefficient (Wildman–Crippen LogP) is 2.03. The molecule has 0 spiro atoms. The number of nitrogens with one attached hydrogen (secondary N) is 1. The Balaban J connectivity index is 1.69. The maximum absolute atomic E-state index is 11.6. The van der Waals surface area contributed by atoms with E-state index in [9.17, 15) is 4.79 Å². The summed E-state index contributed by atoms with van der Waals surface area (Å²) in [5.41, 5.74) is 3.50. The number of rotatable bonds is 6. The second-order valence-electron chi connectivity index (χ2n) is 5.77. The van der Waals surface area contributed by atoms with Crippen molar-refractivity contribution in [1.29, 1.82) is 0 Å². The number of nitrogens with zero attached hydrogens (tertiary/aromatic N) is 1. The van der Waals surface area contributed by atoms with Crippen molar-refractivity contribution in [3.8, 4) is 0 Å². The highest BCUT2D eigenvalue weighted by atomic mass is 32.1. The SMILES string of the molecule is Cc1sc(C(=O)NN)cc1CN(CC1CC1)C1CC1. The van der Waals surface area contributed by atoms with Gasteiger partial charge in [0, 0.05) is 24.0 Å². The third kappa shape index (κ3) is 3.16. The van der Waals surface area contributed by atoms with Crippen LogP contribution in [0, 0.1) is 12.8 Å². The molecule has 0 aromatic carbocycles. The average molecular weight is 279 g/mol.